The van der Waals surface area contributed by atoms with Gasteiger partial charge in [-0.05, 0) is 30.9 Å². The van der Waals surface area contributed by atoms with E-state index in [4.69, 9.17) is 0 Å². The lowest BCUT2D eigenvalue weighted by molar-refractivity contribution is 0.0745. The highest BCUT2D eigenvalue weighted by Gasteiger charge is 2.26. The zero-order valence-electron chi connectivity index (χ0n) is 17.2. The first-order valence-electron chi connectivity index (χ1n) is 10.3. The standard InChI is InChI=1S/C24H26N4O2/c1-18-8-10-20(11-9-18)17-27-14-5-15-28-22(24(27)30)16-21(26-28)23(29)25-13-12-19-6-3-2-4-7-19/h2-4,6-11,16H,5,12-15,17H2,1H3,(H,25,29). The molecular formula is C24H26N4O2. The topological polar surface area (TPSA) is 67.2 Å². The third-order valence-electron chi connectivity index (χ3n) is 5.35. The fourth-order valence-corrected chi connectivity index (χ4v) is 3.67. The molecule has 0 unspecified atom stereocenters. The van der Waals surface area contributed by atoms with Crippen LogP contribution < -0.4 is 5.32 Å². The summed E-state index contributed by atoms with van der Waals surface area (Å²) in [6.07, 6.45) is 1.56. The van der Waals surface area contributed by atoms with Gasteiger partial charge in [-0.3, -0.25) is 14.3 Å². The fraction of sp³-hybridized carbons (Fsp3) is 0.292. The molecule has 1 aliphatic heterocycles. The maximum absolute atomic E-state index is 13.1. The van der Waals surface area contributed by atoms with Crippen molar-refractivity contribution >= 4 is 11.8 Å². The lowest BCUT2D eigenvalue weighted by atomic mass is 10.1. The Bertz CT molecular complexity index is 1030. The smallest absolute Gasteiger partial charge is 0.272 e. The molecule has 1 N–H and O–H groups in total. The SMILES string of the molecule is Cc1ccc(CN2CCCn3nc(C(=O)NCCc4ccccc4)cc3C2=O)cc1. The molecule has 0 radical (unpaired) electrons. The minimum absolute atomic E-state index is 0.0797. The van der Waals surface area contributed by atoms with Crippen LogP contribution in [0.3, 0.4) is 0 Å². The van der Waals surface area contributed by atoms with Gasteiger partial charge < -0.3 is 10.2 Å². The molecule has 4 rings (SSSR count). The van der Waals surface area contributed by atoms with Crippen LogP contribution in [0.25, 0.3) is 0 Å². The predicted molar refractivity (Wildman–Crippen MR) is 115 cm³/mol. The van der Waals surface area contributed by atoms with Gasteiger partial charge in [-0.15, -0.1) is 0 Å². The minimum atomic E-state index is -0.246. The molecule has 1 aliphatic rings. The number of hydrogen-bond acceptors (Lipinski definition) is 3. The summed E-state index contributed by atoms with van der Waals surface area (Å²) in [6.45, 7) is 4.44. The molecule has 2 heterocycles. The number of rotatable bonds is 6. The monoisotopic (exact) mass is 402 g/mol. The van der Waals surface area contributed by atoms with Gasteiger partial charge in [0.1, 0.15) is 5.69 Å². The summed E-state index contributed by atoms with van der Waals surface area (Å²) in [4.78, 5) is 27.4. The highest BCUT2D eigenvalue weighted by Crippen LogP contribution is 2.17. The average molecular weight is 402 g/mol. The summed E-state index contributed by atoms with van der Waals surface area (Å²) in [5.74, 6) is -0.326. The number of nitrogens with zero attached hydrogens (tertiary/aromatic N) is 3. The summed E-state index contributed by atoms with van der Waals surface area (Å²) in [5.41, 5.74) is 4.24. The second-order valence-electron chi connectivity index (χ2n) is 7.70. The van der Waals surface area contributed by atoms with E-state index in [9.17, 15) is 9.59 Å². The van der Waals surface area contributed by atoms with E-state index in [1.807, 2.05) is 42.2 Å². The zero-order chi connectivity index (χ0) is 20.9. The van der Waals surface area contributed by atoms with Crippen LogP contribution in [0, 0.1) is 6.92 Å². The lowest BCUT2D eigenvalue weighted by Gasteiger charge is -2.20. The summed E-state index contributed by atoms with van der Waals surface area (Å²) in [6, 6.07) is 19.8. The van der Waals surface area contributed by atoms with E-state index < -0.39 is 0 Å². The van der Waals surface area contributed by atoms with Crippen LogP contribution >= 0.6 is 0 Å². The molecule has 0 aliphatic carbocycles. The second-order valence-corrected chi connectivity index (χ2v) is 7.70. The first-order chi connectivity index (χ1) is 14.6. The Morgan fingerprint density at radius 1 is 1.03 bits per heavy atom. The number of amides is 2. The molecule has 0 atom stereocenters. The van der Waals surface area contributed by atoms with Crippen molar-refractivity contribution in [2.75, 3.05) is 13.1 Å². The second kappa shape index (κ2) is 8.95. The Balaban J connectivity index is 1.41. The highest BCUT2D eigenvalue weighted by atomic mass is 16.2. The molecule has 0 fully saturated rings. The van der Waals surface area contributed by atoms with Crippen molar-refractivity contribution in [3.8, 4) is 0 Å². The van der Waals surface area contributed by atoms with E-state index in [-0.39, 0.29) is 11.8 Å². The van der Waals surface area contributed by atoms with Gasteiger partial charge in [0.05, 0.1) is 0 Å². The number of benzene rings is 2. The normalized spacial score (nSPS) is 13.6. The number of carbonyl (C=O) groups is 2. The molecule has 3 aromatic rings. The van der Waals surface area contributed by atoms with Crippen molar-refractivity contribution in [3.63, 3.8) is 0 Å². The maximum Gasteiger partial charge on any atom is 0.272 e. The van der Waals surface area contributed by atoms with E-state index in [0.717, 1.165) is 18.4 Å². The Morgan fingerprint density at radius 3 is 2.57 bits per heavy atom. The van der Waals surface area contributed by atoms with Crippen LogP contribution in [-0.4, -0.2) is 39.6 Å². The van der Waals surface area contributed by atoms with Crippen LogP contribution in [0.4, 0.5) is 0 Å². The zero-order valence-corrected chi connectivity index (χ0v) is 17.2. The quantitative estimate of drug-likeness (QED) is 0.688. The number of aryl methyl sites for hydroxylation is 2. The van der Waals surface area contributed by atoms with Crippen LogP contribution in [0.15, 0.2) is 60.7 Å². The summed E-state index contributed by atoms with van der Waals surface area (Å²) < 4.78 is 1.67. The number of aromatic nitrogens is 2. The van der Waals surface area contributed by atoms with Gasteiger partial charge in [-0.2, -0.15) is 5.10 Å². The van der Waals surface area contributed by atoms with E-state index in [0.29, 0.717) is 37.6 Å². The van der Waals surface area contributed by atoms with Crippen molar-refractivity contribution in [3.05, 3.63) is 88.7 Å². The van der Waals surface area contributed by atoms with Crippen molar-refractivity contribution in [2.24, 2.45) is 0 Å². The van der Waals surface area contributed by atoms with Crippen LogP contribution in [0.1, 0.15) is 44.1 Å². The largest absolute Gasteiger partial charge is 0.350 e. The molecule has 0 saturated heterocycles. The Morgan fingerprint density at radius 2 is 1.80 bits per heavy atom. The Kier molecular flexibility index (Phi) is 5.93. The lowest BCUT2D eigenvalue weighted by Crippen LogP contribution is -2.30. The Hall–Kier alpha value is -3.41. The molecule has 6 nitrogen and oxygen atoms in total. The summed E-state index contributed by atoms with van der Waals surface area (Å²) >= 11 is 0. The molecule has 1 aromatic heterocycles. The third kappa shape index (κ3) is 4.59. The van der Waals surface area contributed by atoms with E-state index in [1.54, 1.807) is 10.7 Å². The Labute approximate surface area is 176 Å². The van der Waals surface area contributed by atoms with Crippen molar-refractivity contribution in [1.82, 2.24) is 20.0 Å². The fourth-order valence-electron chi connectivity index (χ4n) is 3.67. The number of hydrogen-bond donors (Lipinski definition) is 1. The van der Waals surface area contributed by atoms with Gasteiger partial charge in [-0.1, -0.05) is 60.2 Å². The number of fused-ring (bicyclic) bond motifs is 1. The first-order valence-corrected chi connectivity index (χ1v) is 10.3. The van der Waals surface area contributed by atoms with E-state index >= 15 is 0 Å². The molecule has 2 amide bonds. The molecular weight excluding hydrogens is 376 g/mol. The molecule has 0 spiro atoms. The number of carbonyl (C=O) groups excluding carboxylic acids is 2. The van der Waals surface area contributed by atoms with Crippen molar-refractivity contribution in [2.45, 2.75) is 32.9 Å². The summed E-state index contributed by atoms with van der Waals surface area (Å²) in [7, 11) is 0. The van der Waals surface area contributed by atoms with Crippen LogP contribution in [0.2, 0.25) is 0 Å². The van der Waals surface area contributed by atoms with Gasteiger partial charge in [0.25, 0.3) is 11.8 Å². The predicted octanol–water partition coefficient (Wildman–Crippen LogP) is 3.21. The molecule has 154 valence electrons. The maximum atomic E-state index is 13.1. The van der Waals surface area contributed by atoms with Crippen molar-refractivity contribution in [1.29, 1.82) is 0 Å². The van der Waals surface area contributed by atoms with Gasteiger partial charge in [0, 0.05) is 32.2 Å². The van der Waals surface area contributed by atoms with E-state index in [2.05, 4.69) is 34.7 Å². The van der Waals surface area contributed by atoms with Crippen LogP contribution in [-0.2, 0) is 19.5 Å². The number of nitrogens with one attached hydrogen (secondary N) is 1. The first kappa shape index (κ1) is 19.9. The molecule has 0 saturated carbocycles. The van der Waals surface area contributed by atoms with Gasteiger partial charge in [-0.25, -0.2) is 0 Å². The summed E-state index contributed by atoms with van der Waals surface area (Å²) in [5, 5.41) is 7.30. The van der Waals surface area contributed by atoms with Gasteiger partial charge >= 0.3 is 0 Å². The minimum Gasteiger partial charge on any atom is -0.350 e. The molecule has 6 heteroatoms. The van der Waals surface area contributed by atoms with Gasteiger partial charge in [0.2, 0.25) is 0 Å². The molecule has 0 bridgehead atoms. The highest BCUT2D eigenvalue weighted by molar-refractivity contribution is 5.98. The van der Waals surface area contributed by atoms with Crippen molar-refractivity contribution < 1.29 is 9.59 Å². The molecule has 2 aromatic carbocycles. The van der Waals surface area contributed by atoms with E-state index in [1.165, 1.54) is 11.1 Å². The molecule has 30 heavy (non-hydrogen) atoms. The average Bonchev–Trinajstić information content (AvgIpc) is 3.13. The third-order valence-corrected chi connectivity index (χ3v) is 5.35. The van der Waals surface area contributed by atoms with Crippen LogP contribution in [0.5, 0.6) is 0 Å². The van der Waals surface area contributed by atoms with Gasteiger partial charge in [0.15, 0.2) is 5.69 Å².